The van der Waals surface area contributed by atoms with Crippen molar-refractivity contribution in [2.75, 3.05) is 26.8 Å². The molecule has 7 nitrogen and oxygen atoms in total. The number of carboxylic acid groups (broad SMARTS) is 1. The Balaban J connectivity index is 1.96. The fourth-order valence-corrected chi connectivity index (χ4v) is 2.79. The van der Waals surface area contributed by atoms with E-state index in [0.717, 1.165) is 19.3 Å². The maximum atomic E-state index is 12.4. The summed E-state index contributed by atoms with van der Waals surface area (Å²) in [6.07, 6.45) is 3.32. The minimum Gasteiger partial charge on any atom is -0.479 e. The third-order valence-electron chi connectivity index (χ3n) is 4.33. The molecule has 124 valence electrons. The Bertz CT molecular complexity index is 463. The lowest BCUT2D eigenvalue weighted by atomic mass is 9.94. The van der Waals surface area contributed by atoms with Crippen LogP contribution in [0.4, 0.5) is 0 Å². The molecule has 0 radical (unpaired) electrons. The Morgan fingerprint density at radius 1 is 1.27 bits per heavy atom. The molecule has 2 unspecified atom stereocenters. The molecule has 1 saturated heterocycles. The summed E-state index contributed by atoms with van der Waals surface area (Å²) >= 11 is 0. The number of nitrogens with one attached hydrogen (secondary N) is 1. The topological polar surface area (TPSA) is 95.9 Å². The molecule has 0 aromatic carbocycles. The standard InChI is InChI=1S/C15H24N2O5/c1-15(9-22-2,14(20)21)16-12(18)11-4-3-7-17(8-11)13(19)10-5-6-10/h10-11H,3-9H2,1-2H3,(H,16,18)(H,20,21). The second kappa shape index (κ2) is 6.64. The first-order valence-electron chi connectivity index (χ1n) is 7.70. The van der Waals surface area contributed by atoms with Crippen LogP contribution in [-0.2, 0) is 19.1 Å². The third kappa shape index (κ3) is 3.76. The number of carbonyl (C=O) groups is 3. The fourth-order valence-electron chi connectivity index (χ4n) is 2.79. The van der Waals surface area contributed by atoms with Gasteiger partial charge in [0.1, 0.15) is 0 Å². The van der Waals surface area contributed by atoms with E-state index in [2.05, 4.69) is 5.32 Å². The lowest BCUT2D eigenvalue weighted by Gasteiger charge is -2.34. The number of hydrogen-bond donors (Lipinski definition) is 2. The van der Waals surface area contributed by atoms with Crippen LogP contribution in [0.15, 0.2) is 0 Å². The van der Waals surface area contributed by atoms with E-state index in [1.54, 1.807) is 4.90 Å². The van der Waals surface area contributed by atoms with E-state index in [4.69, 9.17) is 4.74 Å². The second-order valence-electron chi connectivity index (χ2n) is 6.46. The lowest BCUT2D eigenvalue weighted by Crippen LogP contribution is -2.58. The fraction of sp³-hybridized carbons (Fsp3) is 0.800. The number of carboxylic acids is 1. The van der Waals surface area contributed by atoms with Crippen molar-refractivity contribution in [3.63, 3.8) is 0 Å². The lowest BCUT2D eigenvalue weighted by molar-refractivity contribution is -0.150. The molecule has 1 aliphatic carbocycles. The first-order valence-corrected chi connectivity index (χ1v) is 7.70. The van der Waals surface area contributed by atoms with Crippen LogP contribution in [0, 0.1) is 11.8 Å². The largest absolute Gasteiger partial charge is 0.479 e. The van der Waals surface area contributed by atoms with Gasteiger partial charge in [-0.1, -0.05) is 0 Å². The van der Waals surface area contributed by atoms with Crippen LogP contribution < -0.4 is 5.32 Å². The smallest absolute Gasteiger partial charge is 0.331 e. The van der Waals surface area contributed by atoms with Crippen LogP contribution in [0.1, 0.15) is 32.6 Å². The molecule has 1 saturated carbocycles. The SMILES string of the molecule is COCC(C)(NC(=O)C1CCCN(C(=O)C2CC2)C1)C(=O)O. The van der Waals surface area contributed by atoms with Gasteiger partial charge in [-0.05, 0) is 32.6 Å². The molecule has 0 bridgehead atoms. The molecule has 0 aromatic heterocycles. The number of carbonyl (C=O) groups excluding carboxylic acids is 2. The van der Waals surface area contributed by atoms with E-state index in [-0.39, 0.29) is 30.3 Å². The average molecular weight is 312 g/mol. The van der Waals surface area contributed by atoms with E-state index in [1.165, 1.54) is 14.0 Å². The van der Waals surface area contributed by atoms with Gasteiger partial charge in [-0.3, -0.25) is 9.59 Å². The van der Waals surface area contributed by atoms with Crippen LogP contribution in [-0.4, -0.2) is 60.1 Å². The minimum absolute atomic E-state index is 0.106. The van der Waals surface area contributed by atoms with Crippen LogP contribution in [0.2, 0.25) is 0 Å². The number of aliphatic carboxylic acids is 1. The van der Waals surface area contributed by atoms with Crippen molar-refractivity contribution in [2.45, 2.75) is 38.1 Å². The molecule has 2 fully saturated rings. The van der Waals surface area contributed by atoms with Gasteiger partial charge in [0.2, 0.25) is 11.8 Å². The Labute approximate surface area is 130 Å². The van der Waals surface area contributed by atoms with E-state index >= 15 is 0 Å². The van der Waals surface area contributed by atoms with Crippen molar-refractivity contribution in [2.24, 2.45) is 11.8 Å². The first-order chi connectivity index (χ1) is 10.4. The normalized spacial score (nSPS) is 24.5. The number of amides is 2. The number of hydrogen-bond acceptors (Lipinski definition) is 4. The molecule has 0 spiro atoms. The highest BCUT2D eigenvalue weighted by Crippen LogP contribution is 2.32. The van der Waals surface area contributed by atoms with Crippen LogP contribution >= 0.6 is 0 Å². The number of piperidine rings is 1. The van der Waals surface area contributed by atoms with E-state index in [1.807, 2.05) is 0 Å². The van der Waals surface area contributed by atoms with Crippen LogP contribution in [0.25, 0.3) is 0 Å². The Kier molecular flexibility index (Phi) is 5.05. The third-order valence-corrected chi connectivity index (χ3v) is 4.33. The monoisotopic (exact) mass is 312 g/mol. The highest BCUT2D eigenvalue weighted by Gasteiger charge is 2.40. The van der Waals surface area contributed by atoms with Crippen molar-refractivity contribution in [3.8, 4) is 0 Å². The van der Waals surface area contributed by atoms with Gasteiger partial charge in [0.25, 0.3) is 0 Å². The summed E-state index contributed by atoms with van der Waals surface area (Å²) in [4.78, 5) is 37.6. The van der Waals surface area contributed by atoms with Crippen LogP contribution in [0.3, 0.4) is 0 Å². The highest BCUT2D eigenvalue weighted by atomic mass is 16.5. The van der Waals surface area contributed by atoms with Gasteiger partial charge < -0.3 is 20.1 Å². The quantitative estimate of drug-likeness (QED) is 0.732. The van der Waals surface area contributed by atoms with Crippen molar-refractivity contribution in [1.29, 1.82) is 0 Å². The van der Waals surface area contributed by atoms with Crippen molar-refractivity contribution in [1.82, 2.24) is 10.2 Å². The zero-order valence-electron chi connectivity index (χ0n) is 13.1. The molecule has 2 aliphatic rings. The molecule has 22 heavy (non-hydrogen) atoms. The molecule has 0 aromatic rings. The summed E-state index contributed by atoms with van der Waals surface area (Å²) in [5.74, 6) is -1.54. The van der Waals surface area contributed by atoms with Crippen molar-refractivity contribution in [3.05, 3.63) is 0 Å². The zero-order valence-corrected chi connectivity index (χ0v) is 13.1. The maximum Gasteiger partial charge on any atom is 0.331 e. The molecule has 2 atom stereocenters. The van der Waals surface area contributed by atoms with Gasteiger partial charge >= 0.3 is 5.97 Å². The summed E-state index contributed by atoms with van der Waals surface area (Å²) in [6.45, 7) is 2.38. The minimum atomic E-state index is -1.45. The zero-order chi connectivity index (χ0) is 16.3. The molecule has 2 rings (SSSR count). The van der Waals surface area contributed by atoms with Gasteiger partial charge in [-0.25, -0.2) is 4.79 Å². The maximum absolute atomic E-state index is 12.4. The second-order valence-corrected chi connectivity index (χ2v) is 6.46. The van der Waals surface area contributed by atoms with Gasteiger partial charge in [0.15, 0.2) is 5.54 Å². The number of likely N-dealkylation sites (tertiary alicyclic amines) is 1. The molecule has 2 amide bonds. The van der Waals surface area contributed by atoms with Gasteiger partial charge in [-0.15, -0.1) is 0 Å². The van der Waals surface area contributed by atoms with Gasteiger partial charge in [0, 0.05) is 26.1 Å². The predicted molar refractivity (Wildman–Crippen MR) is 78.1 cm³/mol. The predicted octanol–water partition coefficient (Wildman–Crippen LogP) is 0.241. The average Bonchev–Trinajstić information content (AvgIpc) is 3.31. The first kappa shape index (κ1) is 16.7. The summed E-state index contributed by atoms with van der Waals surface area (Å²) in [5.41, 5.74) is -1.45. The van der Waals surface area contributed by atoms with Gasteiger partial charge in [-0.2, -0.15) is 0 Å². The molecular weight excluding hydrogens is 288 g/mol. The molecule has 1 aliphatic heterocycles. The summed E-state index contributed by atoms with van der Waals surface area (Å²) < 4.78 is 4.90. The van der Waals surface area contributed by atoms with E-state index < -0.39 is 11.5 Å². The number of rotatable bonds is 6. The molecule has 7 heteroatoms. The van der Waals surface area contributed by atoms with E-state index in [9.17, 15) is 19.5 Å². The number of ether oxygens (including phenoxy) is 1. The van der Waals surface area contributed by atoms with Crippen molar-refractivity contribution >= 4 is 17.8 Å². The Hall–Kier alpha value is -1.63. The Morgan fingerprint density at radius 2 is 1.95 bits per heavy atom. The molecule has 2 N–H and O–H groups in total. The van der Waals surface area contributed by atoms with Crippen LogP contribution in [0.5, 0.6) is 0 Å². The molecular formula is C15H24N2O5. The number of nitrogens with zero attached hydrogens (tertiary/aromatic N) is 1. The highest BCUT2D eigenvalue weighted by molar-refractivity contribution is 5.88. The van der Waals surface area contributed by atoms with Crippen molar-refractivity contribution < 1.29 is 24.2 Å². The Morgan fingerprint density at radius 3 is 2.50 bits per heavy atom. The number of methoxy groups -OCH3 is 1. The van der Waals surface area contributed by atoms with Gasteiger partial charge in [0.05, 0.1) is 12.5 Å². The summed E-state index contributed by atoms with van der Waals surface area (Å²) in [6, 6.07) is 0. The van der Waals surface area contributed by atoms with E-state index in [0.29, 0.717) is 19.5 Å². The summed E-state index contributed by atoms with van der Waals surface area (Å²) in [7, 11) is 1.39. The molecule has 1 heterocycles. The summed E-state index contributed by atoms with van der Waals surface area (Å²) in [5, 5.41) is 11.8.